The highest BCUT2D eigenvalue weighted by Gasteiger charge is 2.51. The minimum atomic E-state index is -3.19. The standard InChI is InChI=1S/C16H22F3NO3S/c1-5-23-13(21)10-16(14(18)19,20-24(22)15(2,3)4)11-8-6-7-9-12(11)17/h6-9,14,20H,5,10H2,1-4H3/t16-,24-/m0/s1. The average molecular weight is 365 g/mol. The van der Waals surface area contributed by atoms with E-state index in [1.165, 1.54) is 19.1 Å². The molecule has 0 bridgehead atoms. The van der Waals surface area contributed by atoms with Crippen molar-refractivity contribution in [1.29, 1.82) is 0 Å². The lowest BCUT2D eigenvalue weighted by Crippen LogP contribution is -2.56. The van der Waals surface area contributed by atoms with Crippen molar-refractivity contribution in [2.45, 2.75) is 50.8 Å². The summed E-state index contributed by atoms with van der Waals surface area (Å²) in [6.45, 7) is 6.28. The van der Waals surface area contributed by atoms with E-state index in [4.69, 9.17) is 4.74 Å². The number of carbonyl (C=O) groups is 1. The van der Waals surface area contributed by atoms with Crippen molar-refractivity contribution in [3.05, 3.63) is 35.6 Å². The number of esters is 1. The molecule has 0 amide bonds. The van der Waals surface area contributed by atoms with E-state index in [2.05, 4.69) is 4.72 Å². The molecule has 4 nitrogen and oxygen atoms in total. The predicted molar refractivity (Wildman–Crippen MR) is 86.4 cm³/mol. The fraction of sp³-hybridized carbons (Fsp3) is 0.562. The molecule has 1 rings (SSSR count). The van der Waals surface area contributed by atoms with E-state index in [1.54, 1.807) is 20.8 Å². The summed E-state index contributed by atoms with van der Waals surface area (Å²) < 4.78 is 60.8. The smallest absolute Gasteiger partial charge is 0.308 e. The third kappa shape index (κ3) is 4.87. The second-order valence-corrected chi connectivity index (χ2v) is 8.18. The predicted octanol–water partition coefficient (Wildman–Crippen LogP) is 3.29. The van der Waals surface area contributed by atoms with Gasteiger partial charge >= 0.3 is 5.97 Å². The third-order valence-corrected chi connectivity index (χ3v) is 4.95. The Morgan fingerprint density at radius 3 is 2.38 bits per heavy atom. The molecule has 0 aliphatic carbocycles. The highest BCUT2D eigenvalue weighted by atomic mass is 32.2. The fourth-order valence-corrected chi connectivity index (χ4v) is 2.91. The van der Waals surface area contributed by atoms with Gasteiger partial charge in [-0.1, -0.05) is 18.2 Å². The van der Waals surface area contributed by atoms with E-state index in [0.29, 0.717) is 0 Å². The van der Waals surface area contributed by atoms with Gasteiger partial charge in [-0.15, -0.1) is 4.72 Å². The molecule has 0 fully saturated rings. The summed E-state index contributed by atoms with van der Waals surface area (Å²) in [6.07, 6.45) is -4.04. The number of halogens is 3. The van der Waals surface area contributed by atoms with Gasteiger partial charge < -0.3 is 9.29 Å². The lowest BCUT2D eigenvalue weighted by molar-refractivity contribution is -0.147. The van der Waals surface area contributed by atoms with Crippen molar-refractivity contribution in [3.63, 3.8) is 0 Å². The van der Waals surface area contributed by atoms with Gasteiger partial charge in [0, 0.05) is 16.9 Å². The number of hydrogen-bond acceptors (Lipinski definition) is 4. The van der Waals surface area contributed by atoms with Crippen LogP contribution in [0.25, 0.3) is 0 Å². The molecule has 2 atom stereocenters. The summed E-state index contributed by atoms with van der Waals surface area (Å²) in [6, 6.07) is 4.88. The Bertz CT molecular complexity index is 566. The van der Waals surface area contributed by atoms with Crippen LogP contribution in [0.4, 0.5) is 13.2 Å². The molecule has 0 unspecified atom stereocenters. The number of nitrogens with one attached hydrogen (secondary N) is 1. The van der Waals surface area contributed by atoms with Crippen LogP contribution >= 0.6 is 0 Å². The summed E-state index contributed by atoms with van der Waals surface area (Å²) in [5.41, 5.74) is -2.87. The monoisotopic (exact) mass is 365 g/mol. The summed E-state index contributed by atoms with van der Waals surface area (Å²) in [7, 11) is 0. The first-order chi connectivity index (χ1) is 11.0. The SMILES string of the molecule is CCOC(=O)C[C@](N[S@@+]([O-])C(C)(C)C)(c1ccccc1F)C(F)F. The van der Waals surface area contributed by atoms with E-state index in [0.717, 1.165) is 12.1 Å². The number of ether oxygens (including phenoxy) is 1. The number of carbonyl (C=O) groups excluding carboxylic acids is 1. The van der Waals surface area contributed by atoms with Crippen LogP contribution in [0.5, 0.6) is 0 Å². The molecule has 0 heterocycles. The van der Waals surface area contributed by atoms with Crippen molar-refractivity contribution in [2.75, 3.05) is 6.61 Å². The molecule has 0 saturated heterocycles. The maximum absolute atomic E-state index is 14.2. The Hall–Kier alpha value is -1.25. The lowest BCUT2D eigenvalue weighted by Gasteiger charge is -2.36. The molecule has 1 aromatic rings. The molecule has 8 heteroatoms. The Kier molecular flexibility index (Phi) is 7.12. The van der Waals surface area contributed by atoms with Crippen molar-refractivity contribution in [3.8, 4) is 0 Å². The van der Waals surface area contributed by atoms with Crippen LogP contribution in [-0.4, -0.2) is 28.3 Å². The maximum Gasteiger partial charge on any atom is 0.308 e. The van der Waals surface area contributed by atoms with E-state index in [-0.39, 0.29) is 6.61 Å². The van der Waals surface area contributed by atoms with Gasteiger partial charge in [0.05, 0.1) is 13.0 Å². The number of benzene rings is 1. The molecular formula is C16H22F3NO3S. The molecule has 1 aromatic carbocycles. The van der Waals surface area contributed by atoms with Crippen molar-refractivity contribution in [2.24, 2.45) is 0 Å². The zero-order valence-electron chi connectivity index (χ0n) is 14.1. The second-order valence-electron chi connectivity index (χ2n) is 6.22. The zero-order valence-corrected chi connectivity index (χ0v) is 14.9. The average Bonchev–Trinajstić information content (AvgIpc) is 2.45. The van der Waals surface area contributed by atoms with Crippen LogP contribution in [0.15, 0.2) is 24.3 Å². The van der Waals surface area contributed by atoms with Crippen LogP contribution in [-0.2, 0) is 26.4 Å². The minimum absolute atomic E-state index is 0.00220. The molecule has 0 spiro atoms. The maximum atomic E-state index is 14.2. The quantitative estimate of drug-likeness (QED) is 0.595. The summed E-state index contributed by atoms with van der Waals surface area (Å²) in [5, 5.41) is 0. The fourth-order valence-electron chi connectivity index (χ4n) is 2.01. The molecule has 0 aromatic heterocycles. The van der Waals surface area contributed by atoms with Crippen LogP contribution in [0, 0.1) is 5.82 Å². The zero-order chi connectivity index (χ0) is 18.5. The third-order valence-electron chi connectivity index (χ3n) is 3.29. The van der Waals surface area contributed by atoms with Crippen LogP contribution < -0.4 is 4.72 Å². The minimum Gasteiger partial charge on any atom is -0.598 e. The van der Waals surface area contributed by atoms with Crippen LogP contribution in [0.1, 0.15) is 39.7 Å². The topological polar surface area (TPSA) is 61.4 Å². The van der Waals surface area contributed by atoms with Crippen LogP contribution in [0.2, 0.25) is 0 Å². The van der Waals surface area contributed by atoms with Gasteiger partial charge in [0.25, 0.3) is 6.43 Å². The molecule has 136 valence electrons. The van der Waals surface area contributed by atoms with Crippen molar-refractivity contribution < 1.29 is 27.3 Å². The van der Waals surface area contributed by atoms with E-state index in [9.17, 15) is 22.5 Å². The molecule has 0 radical (unpaired) electrons. The Morgan fingerprint density at radius 2 is 1.92 bits per heavy atom. The number of alkyl halides is 2. The molecule has 0 aliphatic heterocycles. The van der Waals surface area contributed by atoms with E-state index < -0.39 is 51.8 Å². The van der Waals surface area contributed by atoms with Gasteiger partial charge in [-0.2, -0.15) is 0 Å². The van der Waals surface area contributed by atoms with Crippen LogP contribution in [0.3, 0.4) is 0 Å². The first-order valence-electron chi connectivity index (χ1n) is 7.43. The van der Waals surface area contributed by atoms with E-state index >= 15 is 0 Å². The summed E-state index contributed by atoms with van der Waals surface area (Å²) in [4.78, 5) is 11.9. The molecule has 0 aliphatic rings. The largest absolute Gasteiger partial charge is 0.598 e. The van der Waals surface area contributed by atoms with Gasteiger partial charge in [-0.05, 0) is 33.8 Å². The molecule has 1 N–H and O–H groups in total. The molecular weight excluding hydrogens is 343 g/mol. The summed E-state index contributed by atoms with van der Waals surface area (Å²) in [5.74, 6) is -1.85. The Morgan fingerprint density at radius 1 is 1.33 bits per heavy atom. The molecule has 24 heavy (non-hydrogen) atoms. The molecule has 0 saturated carbocycles. The van der Waals surface area contributed by atoms with E-state index in [1.807, 2.05) is 0 Å². The van der Waals surface area contributed by atoms with Gasteiger partial charge in [0.2, 0.25) is 0 Å². The normalized spacial score (nSPS) is 15.9. The Balaban J connectivity index is 3.40. The number of rotatable bonds is 7. The second kappa shape index (κ2) is 8.22. The van der Waals surface area contributed by atoms with Crippen molar-refractivity contribution >= 4 is 17.3 Å². The van der Waals surface area contributed by atoms with Gasteiger partial charge in [-0.25, -0.2) is 13.2 Å². The van der Waals surface area contributed by atoms with Crippen molar-refractivity contribution in [1.82, 2.24) is 4.72 Å². The van der Waals surface area contributed by atoms with Gasteiger partial charge in [0.15, 0.2) is 5.54 Å². The number of hydrogen-bond donors (Lipinski definition) is 1. The highest BCUT2D eigenvalue weighted by molar-refractivity contribution is 7.90. The highest BCUT2D eigenvalue weighted by Crippen LogP contribution is 2.36. The first kappa shape index (κ1) is 20.8. The Labute approximate surface area is 143 Å². The summed E-state index contributed by atoms with van der Waals surface area (Å²) >= 11 is -1.96. The lowest BCUT2D eigenvalue weighted by atomic mass is 9.87. The van der Waals surface area contributed by atoms with Gasteiger partial charge in [0.1, 0.15) is 10.6 Å². The van der Waals surface area contributed by atoms with Gasteiger partial charge in [-0.3, -0.25) is 4.79 Å². The first-order valence-corrected chi connectivity index (χ1v) is 8.58.